The van der Waals surface area contributed by atoms with Crippen LogP contribution in [0, 0.1) is 0 Å². The maximum atomic E-state index is 12.5. The van der Waals surface area contributed by atoms with Crippen LogP contribution in [0.1, 0.15) is 26.7 Å². The van der Waals surface area contributed by atoms with Gasteiger partial charge in [-0.15, -0.1) is 10.2 Å². The van der Waals surface area contributed by atoms with Crippen LogP contribution in [-0.2, 0) is 9.47 Å². The number of aromatic nitrogens is 2. The fourth-order valence-electron chi connectivity index (χ4n) is 4.02. The third-order valence-corrected chi connectivity index (χ3v) is 7.01. The summed E-state index contributed by atoms with van der Waals surface area (Å²) < 4.78 is 11.2. The van der Waals surface area contributed by atoms with Crippen molar-refractivity contribution in [2.45, 2.75) is 38.8 Å². The molecule has 0 spiro atoms. The van der Waals surface area contributed by atoms with Crippen LogP contribution in [0.2, 0.25) is 0 Å². The zero-order chi connectivity index (χ0) is 20.2. The standard InChI is InChI=1S/C19H32N6O3S/c1-15(2)22-7-9-25(10-8-22)19(26)28-16-3-5-23(6-4-16)17-20-21-18(29-17)24-11-13-27-14-12-24/h15-16H,3-14H2,1-2H3. The normalized spacial score (nSPS) is 22.4. The molecule has 0 radical (unpaired) electrons. The van der Waals surface area contributed by atoms with Crippen molar-refractivity contribution < 1.29 is 14.3 Å². The molecule has 0 aromatic carbocycles. The summed E-state index contributed by atoms with van der Waals surface area (Å²) in [4.78, 5) is 21.3. The van der Waals surface area contributed by atoms with Gasteiger partial charge in [0.25, 0.3) is 0 Å². The quantitative estimate of drug-likeness (QED) is 0.720. The molecular weight excluding hydrogens is 392 g/mol. The lowest BCUT2D eigenvalue weighted by atomic mass is 10.1. The predicted octanol–water partition coefficient (Wildman–Crippen LogP) is 1.51. The van der Waals surface area contributed by atoms with E-state index in [0.717, 1.165) is 88.7 Å². The minimum absolute atomic E-state index is 0.00601. The summed E-state index contributed by atoms with van der Waals surface area (Å²) in [5, 5.41) is 10.7. The van der Waals surface area contributed by atoms with Gasteiger partial charge in [-0.05, 0) is 13.8 Å². The lowest BCUT2D eigenvalue weighted by Crippen LogP contribution is -2.51. The monoisotopic (exact) mass is 424 g/mol. The molecule has 29 heavy (non-hydrogen) atoms. The Morgan fingerprint density at radius 3 is 2.14 bits per heavy atom. The smallest absolute Gasteiger partial charge is 0.410 e. The van der Waals surface area contributed by atoms with Gasteiger partial charge in [0.1, 0.15) is 6.10 Å². The number of nitrogens with zero attached hydrogens (tertiary/aromatic N) is 6. The van der Waals surface area contributed by atoms with Gasteiger partial charge in [-0.3, -0.25) is 4.90 Å². The fraction of sp³-hybridized carbons (Fsp3) is 0.842. The van der Waals surface area contributed by atoms with Gasteiger partial charge in [0.05, 0.1) is 13.2 Å². The molecule has 1 aromatic heterocycles. The van der Waals surface area contributed by atoms with E-state index in [4.69, 9.17) is 9.47 Å². The van der Waals surface area contributed by atoms with Crippen LogP contribution in [0.25, 0.3) is 0 Å². The van der Waals surface area contributed by atoms with Gasteiger partial charge < -0.3 is 24.2 Å². The summed E-state index contributed by atoms with van der Waals surface area (Å²) in [5.41, 5.74) is 0. The Morgan fingerprint density at radius 1 is 0.966 bits per heavy atom. The molecule has 10 heteroatoms. The van der Waals surface area contributed by atoms with Gasteiger partial charge in [-0.2, -0.15) is 0 Å². The molecular formula is C19H32N6O3S. The highest BCUT2D eigenvalue weighted by molar-refractivity contribution is 7.19. The second-order valence-corrected chi connectivity index (χ2v) is 9.09. The number of rotatable bonds is 4. The minimum atomic E-state index is -0.155. The Hall–Kier alpha value is -1.65. The molecule has 3 aliphatic rings. The summed E-state index contributed by atoms with van der Waals surface area (Å²) >= 11 is 1.64. The highest BCUT2D eigenvalue weighted by Crippen LogP contribution is 2.30. The van der Waals surface area contributed by atoms with Crippen molar-refractivity contribution in [3.8, 4) is 0 Å². The molecule has 3 saturated heterocycles. The van der Waals surface area contributed by atoms with E-state index >= 15 is 0 Å². The highest BCUT2D eigenvalue weighted by Gasteiger charge is 2.29. The largest absolute Gasteiger partial charge is 0.446 e. The maximum Gasteiger partial charge on any atom is 0.410 e. The second kappa shape index (κ2) is 9.44. The van der Waals surface area contributed by atoms with Crippen LogP contribution in [0.4, 0.5) is 15.1 Å². The van der Waals surface area contributed by atoms with E-state index in [2.05, 4.69) is 38.7 Å². The van der Waals surface area contributed by atoms with E-state index in [1.165, 1.54) is 0 Å². The van der Waals surface area contributed by atoms with Gasteiger partial charge in [-0.25, -0.2) is 4.79 Å². The van der Waals surface area contributed by atoms with Crippen LogP contribution >= 0.6 is 11.3 Å². The summed E-state index contributed by atoms with van der Waals surface area (Å²) in [6.07, 6.45) is 1.51. The number of anilines is 2. The van der Waals surface area contributed by atoms with Crippen LogP contribution in [0.5, 0.6) is 0 Å². The average molecular weight is 425 g/mol. The van der Waals surface area contributed by atoms with Crippen molar-refractivity contribution in [2.75, 3.05) is 75.4 Å². The number of piperidine rings is 1. The first-order valence-corrected chi connectivity index (χ1v) is 11.5. The van der Waals surface area contributed by atoms with Crippen molar-refractivity contribution in [3.63, 3.8) is 0 Å². The number of piperazine rings is 1. The van der Waals surface area contributed by atoms with E-state index in [9.17, 15) is 4.79 Å². The number of carbonyl (C=O) groups is 1. The van der Waals surface area contributed by atoms with Gasteiger partial charge in [0, 0.05) is 71.2 Å². The van der Waals surface area contributed by atoms with E-state index in [-0.39, 0.29) is 12.2 Å². The van der Waals surface area contributed by atoms with E-state index < -0.39 is 0 Å². The molecule has 0 unspecified atom stereocenters. The Labute approximate surface area is 176 Å². The number of carbonyl (C=O) groups excluding carboxylic acids is 1. The summed E-state index contributed by atoms with van der Waals surface area (Å²) in [6, 6.07) is 0.529. The topological polar surface area (TPSA) is 74.3 Å². The first-order chi connectivity index (χ1) is 14.1. The molecule has 0 saturated carbocycles. The molecule has 0 N–H and O–H groups in total. The van der Waals surface area contributed by atoms with E-state index in [1.807, 2.05) is 4.90 Å². The minimum Gasteiger partial charge on any atom is -0.446 e. The predicted molar refractivity (Wildman–Crippen MR) is 113 cm³/mol. The Kier molecular flexibility index (Phi) is 6.71. The molecule has 9 nitrogen and oxygen atoms in total. The molecule has 0 aliphatic carbocycles. The van der Waals surface area contributed by atoms with Gasteiger partial charge in [-0.1, -0.05) is 11.3 Å². The first-order valence-electron chi connectivity index (χ1n) is 10.7. The molecule has 1 aromatic rings. The Bertz CT molecular complexity index is 665. The molecule has 4 heterocycles. The zero-order valence-electron chi connectivity index (χ0n) is 17.5. The maximum absolute atomic E-state index is 12.5. The van der Waals surface area contributed by atoms with Crippen LogP contribution in [0.3, 0.4) is 0 Å². The summed E-state index contributed by atoms with van der Waals surface area (Å²) in [5.74, 6) is 0. The number of hydrogen-bond acceptors (Lipinski definition) is 9. The number of hydrogen-bond donors (Lipinski definition) is 0. The zero-order valence-corrected chi connectivity index (χ0v) is 18.3. The van der Waals surface area contributed by atoms with E-state index in [1.54, 1.807) is 11.3 Å². The molecule has 0 bridgehead atoms. The van der Waals surface area contributed by atoms with E-state index in [0.29, 0.717) is 6.04 Å². The summed E-state index contributed by atoms with van der Waals surface area (Å²) in [6.45, 7) is 12.7. The molecule has 162 valence electrons. The Morgan fingerprint density at radius 2 is 1.55 bits per heavy atom. The van der Waals surface area contributed by atoms with Crippen LogP contribution in [-0.4, -0.2) is 104 Å². The average Bonchev–Trinajstić information content (AvgIpc) is 3.25. The van der Waals surface area contributed by atoms with Crippen molar-refractivity contribution in [3.05, 3.63) is 0 Å². The second-order valence-electron chi connectivity index (χ2n) is 8.15. The van der Waals surface area contributed by atoms with Crippen LogP contribution in [0.15, 0.2) is 0 Å². The van der Waals surface area contributed by atoms with Crippen LogP contribution < -0.4 is 9.80 Å². The highest BCUT2D eigenvalue weighted by atomic mass is 32.1. The molecule has 0 atom stereocenters. The van der Waals surface area contributed by atoms with Gasteiger partial charge >= 0.3 is 6.09 Å². The third-order valence-electron chi connectivity index (χ3n) is 5.97. The molecule has 1 amide bonds. The lowest BCUT2D eigenvalue weighted by molar-refractivity contribution is 0.0338. The SMILES string of the molecule is CC(C)N1CCN(C(=O)OC2CCN(c3nnc(N4CCOCC4)s3)CC2)CC1. The Balaban J connectivity index is 1.22. The lowest BCUT2D eigenvalue weighted by Gasteiger charge is -2.37. The van der Waals surface area contributed by atoms with Crippen molar-refractivity contribution >= 4 is 27.7 Å². The third kappa shape index (κ3) is 5.10. The number of amides is 1. The van der Waals surface area contributed by atoms with Crippen molar-refractivity contribution in [1.29, 1.82) is 0 Å². The first kappa shape index (κ1) is 20.6. The number of morpholine rings is 1. The van der Waals surface area contributed by atoms with Gasteiger partial charge in [0.15, 0.2) is 0 Å². The summed E-state index contributed by atoms with van der Waals surface area (Å²) in [7, 11) is 0. The van der Waals surface area contributed by atoms with Crippen molar-refractivity contribution in [1.82, 2.24) is 20.0 Å². The van der Waals surface area contributed by atoms with Gasteiger partial charge in [0.2, 0.25) is 10.3 Å². The number of ether oxygens (including phenoxy) is 2. The molecule has 3 aliphatic heterocycles. The van der Waals surface area contributed by atoms with Crippen molar-refractivity contribution in [2.24, 2.45) is 0 Å². The fourth-order valence-corrected chi connectivity index (χ4v) is 4.97. The molecule has 3 fully saturated rings. The molecule has 4 rings (SSSR count).